The van der Waals surface area contributed by atoms with Crippen molar-refractivity contribution >= 4 is 33.0 Å². The highest BCUT2D eigenvalue weighted by atomic mass is 32.2. The summed E-state index contributed by atoms with van der Waals surface area (Å²) in [6.07, 6.45) is 2.78. The van der Waals surface area contributed by atoms with E-state index in [0.29, 0.717) is 43.5 Å². The molecule has 0 spiro atoms. The first-order valence-corrected chi connectivity index (χ1v) is 12.5. The number of nitrogens with zero attached hydrogens (tertiary/aromatic N) is 2. The van der Waals surface area contributed by atoms with Crippen LogP contribution in [0.4, 0.5) is 11.4 Å². The molecule has 9 heteroatoms. The third kappa shape index (κ3) is 3.70. The van der Waals surface area contributed by atoms with Crippen molar-refractivity contribution in [3.05, 3.63) is 42.0 Å². The normalized spacial score (nSPS) is 20.3. The van der Waals surface area contributed by atoms with Crippen LogP contribution in [-0.4, -0.2) is 52.8 Å². The molecule has 0 aromatic heterocycles. The maximum atomic E-state index is 13.4. The summed E-state index contributed by atoms with van der Waals surface area (Å²) < 4.78 is 35.0. The molecule has 3 heterocycles. The lowest BCUT2D eigenvalue weighted by atomic mass is 9.99. The molecule has 8 nitrogen and oxygen atoms in total. The molecule has 2 aromatic carbocycles. The van der Waals surface area contributed by atoms with Gasteiger partial charge in [0.15, 0.2) is 21.3 Å². The van der Waals surface area contributed by atoms with Crippen LogP contribution in [0.2, 0.25) is 0 Å². The van der Waals surface area contributed by atoms with Gasteiger partial charge in [0.25, 0.3) is 0 Å². The number of carbonyl (C=O) groups is 2. The Kier molecular flexibility index (Phi) is 5.08. The number of amides is 2. The Hall–Kier alpha value is -3.07. The van der Waals surface area contributed by atoms with Gasteiger partial charge in [-0.05, 0) is 48.7 Å². The highest BCUT2D eigenvalue weighted by Crippen LogP contribution is 2.37. The van der Waals surface area contributed by atoms with E-state index in [9.17, 15) is 18.0 Å². The third-order valence-corrected chi connectivity index (χ3v) is 7.29. The predicted molar refractivity (Wildman–Crippen MR) is 118 cm³/mol. The van der Waals surface area contributed by atoms with Crippen LogP contribution in [0.15, 0.2) is 41.3 Å². The lowest BCUT2D eigenvalue weighted by Crippen LogP contribution is -2.40. The zero-order valence-electron chi connectivity index (χ0n) is 17.7. The first kappa shape index (κ1) is 20.8. The first-order chi connectivity index (χ1) is 15.3. The molecule has 32 heavy (non-hydrogen) atoms. The molecule has 2 amide bonds. The molecule has 3 aliphatic heterocycles. The topological polar surface area (TPSA) is 93.2 Å². The molecule has 1 unspecified atom stereocenters. The van der Waals surface area contributed by atoms with Crippen LogP contribution in [0.3, 0.4) is 0 Å². The average molecular weight is 457 g/mol. The fourth-order valence-electron chi connectivity index (χ4n) is 4.58. The quantitative estimate of drug-likeness (QED) is 0.703. The van der Waals surface area contributed by atoms with E-state index in [1.54, 1.807) is 46.2 Å². The molecule has 0 aliphatic carbocycles. The van der Waals surface area contributed by atoms with Gasteiger partial charge in [-0.15, -0.1) is 0 Å². The van der Waals surface area contributed by atoms with Gasteiger partial charge in [0.2, 0.25) is 11.8 Å². The number of sulfone groups is 1. The highest BCUT2D eigenvalue weighted by Gasteiger charge is 2.39. The number of carbonyl (C=O) groups excluding carboxylic acids is 2. The largest absolute Gasteiger partial charge is 0.486 e. The van der Waals surface area contributed by atoms with Crippen LogP contribution >= 0.6 is 0 Å². The summed E-state index contributed by atoms with van der Waals surface area (Å²) in [5.41, 5.74) is 2.27. The molecular weight excluding hydrogens is 432 g/mol. The van der Waals surface area contributed by atoms with Crippen molar-refractivity contribution in [2.75, 3.05) is 42.4 Å². The second-order valence-electron chi connectivity index (χ2n) is 8.39. The number of anilines is 2. The number of aryl methyl sites for hydroxylation is 1. The number of ether oxygens (including phenoxy) is 2. The van der Waals surface area contributed by atoms with E-state index in [0.717, 1.165) is 24.1 Å². The van der Waals surface area contributed by atoms with Crippen molar-refractivity contribution < 1.29 is 27.5 Å². The lowest BCUT2D eigenvalue weighted by Gasteiger charge is -2.31. The van der Waals surface area contributed by atoms with Gasteiger partial charge in [-0.25, -0.2) is 8.42 Å². The number of fused-ring (bicyclic) bond motifs is 2. The smallest absolute Gasteiger partial charge is 0.232 e. The molecule has 2 aromatic rings. The van der Waals surface area contributed by atoms with Gasteiger partial charge in [-0.1, -0.05) is 0 Å². The van der Waals surface area contributed by atoms with Crippen LogP contribution in [0, 0.1) is 5.92 Å². The second-order valence-corrected chi connectivity index (χ2v) is 10.4. The minimum absolute atomic E-state index is 0.105. The molecular formula is C23H24N2O6S. The summed E-state index contributed by atoms with van der Waals surface area (Å²) in [5, 5.41) is 0. The van der Waals surface area contributed by atoms with Gasteiger partial charge in [0, 0.05) is 43.2 Å². The van der Waals surface area contributed by atoms with Gasteiger partial charge in [0.05, 0.1) is 10.8 Å². The Bertz CT molecular complexity index is 1210. The van der Waals surface area contributed by atoms with Crippen molar-refractivity contribution in [2.45, 2.75) is 24.2 Å². The third-order valence-electron chi connectivity index (χ3n) is 6.18. The molecule has 0 bridgehead atoms. The maximum Gasteiger partial charge on any atom is 0.232 e. The molecule has 3 aliphatic rings. The van der Waals surface area contributed by atoms with Gasteiger partial charge >= 0.3 is 0 Å². The standard InChI is InChI=1S/C23H24N2O6S/c1-32(28,29)18-5-6-19-15(11-18)3-2-8-24(19)23(27)16-12-22(26)25(14-16)17-4-7-20-21(13-17)31-10-9-30-20/h4-7,11,13,16H,2-3,8-10,12,14H2,1H3. The van der Waals surface area contributed by atoms with Crippen molar-refractivity contribution in [1.29, 1.82) is 0 Å². The summed E-state index contributed by atoms with van der Waals surface area (Å²) in [4.78, 5) is 29.7. The van der Waals surface area contributed by atoms with Crippen LogP contribution in [0.5, 0.6) is 11.5 Å². The summed E-state index contributed by atoms with van der Waals surface area (Å²) in [5.74, 6) is 0.577. The van der Waals surface area contributed by atoms with E-state index < -0.39 is 15.8 Å². The zero-order valence-corrected chi connectivity index (χ0v) is 18.6. The fraction of sp³-hybridized carbons (Fsp3) is 0.391. The maximum absolute atomic E-state index is 13.4. The van der Waals surface area contributed by atoms with Crippen molar-refractivity contribution in [3.63, 3.8) is 0 Å². The van der Waals surface area contributed by atoms with Gasteiger partial charge in [-0.3, -0.25) is 9.59 Å². The van der Waals surface area contributed by atoms with E-state index >= 15 is 0 Å². The number of hydrogen-bond donors (Lipinski definition) is 0. The van der Waals surface area contributed by atoms with Crippen LogP contribution < -0.4 is 19.3 Å². The Morgan fingerprint density at radius 3 is 2.62 bits per heavy atom. The molecule has 0 radical (unpaired) electrons. The molecule has 1 saturated heterocycles. The first-order valence-electron chi connectivity index (χ1n) is 10.7. The second kappa shape index (κ2) is 7.81. The van der Waals surface area contributed by atoms with E-state index in [1.807, 2.05) is 0 Å². The van der Waals surface area contributed by atoms with Crippen LogP contribution in [-0.2, 0) is 25.8 Å². The van der Waals surface area contributed by atoms with Gasteiger partial charge in [-0.2, -0.15) is 0 Å². The summed E-state index contributed by atoms with van der Waals surface area (Å²) in [6, 6.07) is 10.3. The predicted octanol–water partition coefficient (Wildman–Crippen LogP) is 2.19. The van der Waals surface area contributed by atoms with Crippen LogP contribution in [0.25, 0.3) is 0 Å². The SMILES string of the molecule is CS(=O)(=O)c1ccc2c(c1)CCCN2C(=O)C1CC(=O)N(c2ccc3c(c2)OCCO3)C1. The van der Waals surface area contributed by atoms with E-state index in [-0.39, 0.29) is 23.1 Å². The Balaban J connectivity index is 1.37. The minimum atomic E-state index is -3.32. The summed E-state index contributed by atoms with van der Waals surface area (Å²) >= 11 is 0. The molecule has 5 rings (SSSR count). The van der Waals surface area contributed by atoms with Crippen molar-refractivity contribution in [3.8, 4) is 11.5 Å². The number of benzene rings is 2. The summed E-state index contributed by atoms with van der Waals surface area (Å²) in [6.45, 7) is 1.80. The Labute approximate surface area is 186 Å². The number of hydrogen-bond acceptors (Lipinski definition) is 6. The average Bonchev–Trinajstić information content (AvgIpc) is 3.18. The number of rotatable bonds is 3. The molecule has 1 atom stereocenters. The van der Waals surface area contributed by atoms with E-state index in [1.165, 1.54) is 6.26 Å². The minimum Gasteiger partial charge on any atom is -0.486 e. The zero-order chi connectivity index (χ0) is 22.5. The molecule has 0 N–H and O–H groups in total. The van der Waals surface area contributed by atoms with Crippen LogP contribution in [0.1, 0.15) is 18.4 Å². The van der Waals surface area contributed by atoms with Gasteiger partial charge < -0.3 is 19.3 Å². The van der Waals surface area contributed by atoms with Gasteiger partial charge in [0.1, 0.15) is 13.2 Å². The summed E-state index contributed by atoms with van der Waals surface area (Å²) in [7, 11) is -3.32. The highest BCUT2D eigenvalue weighted by molar-refractivity contribution is 7.90. The monoisotopic (exact) mass is 456 g/mol. The molecule has 0 saturated carbocycles. The molecule has 1 fully saturated rings. The Morgan fingerprint density at radius 1 is 1.06 bits per heavy atom. The van der Waals surface area contributed by atoms with E-state index in [2.05, 4.69) is 0 Å². The lowest BCUT2D eigenvalue weighted by molar-refractivity contribution is -0.124. The Morgan fingerprint density at radius 2 is 1.84 bits per heavy atom. The van der Waals surface area contributed by atoms with Crippen molar-refractivity contribution in [1.82, 2.24) is 0 Å². The van der Waals surface area contributed by atoms with E-state index in [4.69, 9.17) is 9.47 Å². The molecule has 168 valence electrons. The fourth-order valence-corrected chi connectivity index (χ4v) is 5.25. The van der Waals surface area contributed by atoms with Crippen molar-refractivity contribution in [2.24, 2.45) is 5.92 Å².